The first-order valence-electron chi connectivity index (χ1n) is 10.9. The summed E-state index contributed by atoms with van der Waals surface area (Å²) in [6.07, 6.45) is -1.69. The Labute approximate surface area is 199 Å². The number of carbonyl (C=O) groups is 1. The summed E-state index contributed by atoms with van der Waals surface area (Å²) >= 11 is 0. The van der Waals surface area contributed by atoms with Crippen LogP contribution >= 0.6 is 0 Å². The SMILES string of the molecule is COc1ccc(N2Cc3cnc(NCC(F)(F)F)nc3N(c3ccc(C4(O)CC4)cc3)C2=O)cc1. The molecule has 5 rings (SSSR count). The van der Waals surface area contributed by atoms with Gasteiger partial charge >= 0.3 is 12.2 Å². The molecule has 3 aromatic rings. The van der Waals surface area contributed by atoms with Crippen molar-refractivity contribution < 1.29 is 27.8 Å². The van der Waals surface area contributed by atoms with E-state index in [1.807, 2.05) is 0 Å². The molecule has 1 aromatic heterocycles. The third kappa shape index (κ3) is 4.59. The molecule has 2 aliphatic rings. The van der Waals surface area contributed by atoms with Crippen LogP contribution in [0.1, 0.15) is 24.0 Å². The van der Waals surface area contributed by atoms with E-state index < -0.39 is 24.4 Å². The number of amides is 2. The number of urea groups is 1. The Morgan fingerprint density at radius 1 is 1.09 bits per heavy atom. The summed E-state index contributed by atoms with van der Waals surface area (Å²) in [6.45, 7) is -1.17. The van der Waals surface area contributed by atoms with E-state index in [2.05, 4.69) is 15.3 Å². The number of nitrogens with zero attached hydrogens (tertiary/aromatic N) is 4. The molecule has 2 amide bonds. The van der Waals surface area contributed by atoms with Gasteiger partial charge in [0.1, 0.15) is 12.3 Å². The molecule has 1 fully saturated rings. The van der Waals surface area contributed by atoms with E-state index in [0.29, 0.717) is 35.5 Å². The highest BCUT2D eigenvalue weighted by Gasteiger charge is 2.42. The molecule has 182 valence electrons. The summed E-state index contributed by atoms with van der Waals surface area (Å²) in [4.78, 5) is 24.8. The van der Waals surface area contributed by atoms with Crippen LogP contribution in [0.25, 0.3) is 0 Å². The van der Waals surface area contributed by atoms with Crippen LogP contribution in [0, 0.1) is 0 Å². The zero-order valence-corrected chi connectivity index (χ0v) is 18.7. The Kier molecular flexibility index (Phi) is 5.51. The maximum atomic E-state index is 13.7. The normalized spacial score (nSPS) is 16.7. The molecule has 0 unspecified atom stereocenters. The number of alkyl halides is 3. The Morgan fingerprint density at radius 2 is 1.74 bits per heavy atom. The smallest absolute Gasteiger partial charge is 0.405 e. The molecular formula is C24H22F3N5O3. The van der Waals surface area contributed by atoms with Gasteiger partial charge in [0.15, 0.2) is 5.82 Å². The minimum absolute atomic E-state index is 0.133. The van der Waals surface area contributed by atoms with Gasteiger partial charge in [0.2, 0.25) is 5.95 Å². The van der Waals surface area contributed by atoms with Crippen LogP contribution in [0.2, 0.25) is 0 Å². The first kappa shape index (κ1) is 22.9. The molecule has 2 aromatic carbocycles. The molecule has 2 heterocycles. The van der Waals surface area contributed by atoms with Crippen molar-refractivity contribution in [3.63, 3.8) is 0 Å². The highest BCUT2D eigenvalue weighted by atomic mass is 19.4. The van der Waals surface area contributed by atoms with Crippen molar-refractivity contribution in [2.75, 3.05) is 28.8 Å². The van der Waals surface area contributed by atoms with Crippen LogP contribution < -0.4 is 19.9 Å². The molecule has 1 saturated carbocycles. The lowest BCUT2D eigenvalue weighted by Gasteiger charge is -2.36. The lowest BCUT2D eigenvalue weighted by atomic mass is 10.1. The van der Waals surface area contributed by atoms with E-state index >= 15 is 0 Å². The number of hydrogen-bond donors (Lipinski definition) is 2. The van der Waals surface area contributed by atoms with Gasteiger partial charge in [-0.3, -0.25) is 4.90 Å². The fourth-order valence-corrected chi connectivity index (χ4v) is 3.94. The summed E-state index contributed by atoms with van der Waals surface area (Å²) in [5.41, 5.74) is 1.53. The minimum Gasteiger partial charge on any atom is -0.497 e. The molecule has 0 bridgehead atoms. The van der Waals surface area contributed by atoms with Crippen LogP contribution in [0.5, 0.6) is 5.75 Å². The molecule has 0 spiro atoms. The lowest BCUT2D eigenvalue weighted by molar-refractivity contribution is -0.115. The van der Waals surface area contributed by atoms with Gasteiger partial charge in [-0.25, -0.2) is 14.7 Å². The van der Waals surface area contributed by atoms with Crippen LogP contribution in [-0.4, -0.2) is 40.9 Å². The summed E-state index contributed by atoms with van der Waals surface area (Å²) in [6, 6.07) is 13.4. The number of ether oxygens (including phenoxy) is 1. The number of anilines is 4. The number of fused-ring (bicyclic) bond motifs is 1. The van der Waals surface area contributed by atoms with Gasteiger partial charge in [-0.05, 0) is 54.8 Å². The summed E-state index contributed by atoms with van der Waals surface area (Å²) in [5.74, 6) is 0.589. The van der Waals surface area contributed by atoms with E-state index in [0.717, 1.165) is 5.56 Å². The minimum atomic E-state index is -4.45. The van der Waals surface area contributed by atoms with Crippen molar-refractivity contribution in [2.24, 2.45) is 0 Å². The molecule has 0 saturated heterocycles. The maximum absolute atomic E-state index is 13.7. The van der Waals surface area contributed by atoms with E-state index in [-0.39, 0.29) is 18.3 Å². The van der Waals surface area contributed by atoms with Gasteiger partial charge in [-0.1, -0.05) is 12.1 Å². The average molecular weight is 485 g/mol. The highest BCUT2D eigenvalue weighted by molar-refractivity contribution is 6.10. The van der Waals surface area contributed by atoms with E-state index in [9.17, 15) is 23.1 Å². The largest absolute Gasteiger partial charge is 0.497 e. The number of aromatic nitrogens is 2. The van der Waals surface area contributed by atoms with Crippen molar-refractivity contribution in [3.8, 4) is 5.75 Å². The van der Waals surface area contributed by atoms with Gasteiger partial charge in [0.05, 0.1) is 24.9 Å². The van der Waals surface area contributed by atoms with Gasteiger partial charge in [-0.15, -0.1) is 0 Å². The molecule has 2 N–H and O–H groups in total. The Hall–Kier alpha value is -3.86. The van der Waals surface area contributed by atoms with E-state index in [4.69, 9.17) is 4.74 Å². The summed E-state index contributed by atoms with van der Waals surface area (Å²) in [7, 11) is 1.54. The third-order valence-electron chi connectivity index (χ3n) is 6.02. The molecule has 0 radical (unpaired) electrons. The summed E-state index contributed by atoms with van der Waals surface area (Å²) < 4.78 is 43.3. The molecular weight excluding hydrogens is 463 g/mol. The fourth-order valence-electron chi connectivity index (χ4n) is 3.94. The van der Waals surface area contributed by atoms with Gasteiger partial charge in [-0.2, -0.15) is 18.2 Å². The standard InChI is InChI=1S/C24H22F3N5O3/c1-35-19-8-6-17(7-9-19)31-13-15-12-28-21(29-14-24(25,26)27)30-20(15)32(22(31)33)18-4-2-16(3-5-18)23(34)10-11-23/h2-9,12,34H,10-11,13-14H2,1H3,(H,28,29,30). The Bertz CT molecular complexity index is 1240. The zero-order chi connectivity index (χ0) is 24.8. The third-order valence-corrected chi connectivity index (χ3v) is 6.02. The fraction of sp³-hybridized carbons (Fsp3) is 0.292. The number of halogens is 3. The number of carbonyl (C=O) groups excluding carboxylic acids is 1. The van der Waals surface area contributed by atoms with Crippen molar-refractivity contribution >= 4 is 29.2 Å². The average Bonchev–Trinajstić information content (AvgIpc) is 3.60. The van der Waals surface area contributed by atoms with Crippen LogP contribution in [-0.2, 0) is 12.1 Å². The van der Waals surface area contributed by atoms with Crippen LogP contribution in [0.3, 0.4) is 0 Å². The predicted octanol–water partition coefficient (Wildman–Crippen LogP) is 4.72. The number of methoxy groups -OCH3 is 1. The second-order valence-corrected chi connectivity index (χ2v) is 8.49. The number of nitrogens with one attached hydrogen (secondary N) is 1. The van der Waals surface area contributed by atoms with Crippen molar-refractivity contribution in [1.29, 1.82) is 0 Å². The predicted molar refractivity (Wildman–Crippen MR) is 123 cm³/mol. The maximum Gasteiger partial charge on any atom is 0.405 e. The van der Waals surface area contributed by atoms with E-state index in [1.165, 1.54) is 16.0 Å². The second-order valence-electron chi connectivity index (χ2n) is 8.49. The van der Waals surface area contributed by atoms with Gasteiger partial charge in [0.25, 0.3) is 0 Å². The van der Waals surface area contributed by atoms with Crippen LogP contribution in [0.15, 0.2) is 54.7 Å². The molecule has 35 heavy (non-hydrogen) atoms. The van der Waals surface area contributed by atoms with Crippen molar-refractivity contribution in [1.82, 2.24) is 9.97 Å². The van der Waals surface area contributed by atoms with Crippen LogP contribution in [0.4, 0.5) is 41.1 Å². The number of rotatable bonds is 6. The van der Waals surface area contributed by atoms with Gasteiger partial charge in [0, 0.05) is 17.4 Å². The number of hydrogen-bond acceptors (Lipinski definition) is 6. The quantitative estimate of drug-likeness (QED) is 0.525. The second kappa shape index (κ2) is 8.42. The molecule has 0 atom stereocenters. The Balaban J connectivity index is 1.54. The molecule has 8 nitrogen and oxygen atoms in total. The monoisotopic (exact) mass is 485 g/mol. The van der Waals surface area contributed by atoms with Gasteiger partial charge < -0.3 is 15.2 Å². The molecule has 1 aliphatic heterocycles. The van der Waals surface area contributed by atoms with E-state index in [1.54, 1.807) is 55.6 Å². The first-order valence-corrected chi connectivity index (χ1v) is 10.9. The number of aliphatic hydroxyl groups is 1. The topological polar surface area (TPSA) is 90.8 Å². The number of benzene rings is 2. The lowest BCUT2D eigenvalue weighted by Crippen LogP contribution is -2.45. The first-order chi connectivity index (χ1) is 16.7. The summed E-state index contributed by atoms with van der Waals surface area (Å²) in [5, 5.41) is 12.6. The zero-order valence-electron chi connectivity index (χ0n) is 18.7. The molecule has 1 aliphatic carbocycles. The Morgan fingerprint density at radius 3 is 2.34 bits per heavy atom. The van der Waals surface area contributed by atoms with Crippen molar-refractivity contribution in [3.05, 3.63) is 65.9 Å². The molecule has 11 heteroatoms. The highest BCUT2D eigenvalue weighted by Crippen LogP contribution is 2.46. The van der Waals surface area contributed by atoms with Crippen molar-refractivity contribution in [2.45, 2.75) is 31.2 Å².